The highest BCUT2D eigenvalue weighted by Gasteiger charge is 2.10. The summed E-state index contributed by atoms with van der Waals surface area (Å²) in [6, 6.07) is 14.6. The molecule has 0 saturated carbocycles. The summed E-state index contributed by atoms with van der Waals surface area (Å²) >= 11 is 0. The van der Waals surface area contributed by atoms with E-state index >= 15 is 0 Å². The van der Waals surface area contributed by atoms with Gasteiger partial charge in [0.25, 0.3) is 0 Å². The first kappa shape index (κ1) is 14.2. The number of nitrogens with one attached hydrogen (secondary N) is 1. The molecule has 0 bridgehead atoms. The molecule has 0 spiro atoms. The summed E-state index contributed by atoms with van der Waals surface area (Å²) in [5, 5.41) is 12.8. The van der Waals surface area contributed by atoms with E-state index in [1.54, 1.807) is 0 Å². The van der Waals surface area contributed by atoms with Gasteiger partial charge in [-0.15, -0.1) is 0 Å². The van der Waals surface area contributed by atoms with Gasteiger partial charge < -0.3 is 10.1 Å². The summed E-state index contributed by atoms with van der Waals surface area (Å²) in [6.07, 6.45) is 5.31. The molecular formula is C19H23NO. The number of aliphatic hydroxyl groups excluding tert-OH is 1. The van der Waals surface area contributed by atoms with E-state index in [0.717, 1.165) is 29.4 Å². The Morgan fingerprint density at radius 3 is 2.62 bits per heavy atom. The Bertz CT molecular complexity index is 729. The Balaban J connectivity index is 1.84. The molecule has 0 saturated heterocycles. The summed E-state index contributed by atoms with van der Waals surface area (Å²) in [5.74, 6) is 0. The zero-order chi connectivity index (χ0) is 14.7. The first-order valence-electron chi connectivity index (χ1n) is 7.98. The van der Waals surface area contributed by atoms with Crippen LogP contribution in [0.1, 0.15) is 50.7 Å². The number of fused-ring (bicyclic) bond motifs is 3. The molecule has 2 N–H and O–H groups in total. The van der Waals surface area contributed by atoms with E-state index in [2.05, 4.69) is 42.2 Å². The number of aromatic amines is 1. The lowest BCUT2D eigenvalue weighted by molar-refractivity contribution is 0.163. The predicted octanol–water partition coefficient (Wildman–Crippen LogP) is 5.32. The molecule has 3 rings (SSSR count). The smallest absolute Gasteiger partial charge is 0.0790 e. The van der Waals surface area contributed by atoms with Crippen molar-refractivity contribution in [2.75, 3.05) is 0 Å². The highest BCUT2D eigenvalue weighted by atomic mass is 16.3. The van der Waals surface area contributed by atoms with Crippen LogP contribution in [0.2, 0.25) is 0 Å². The van der Waals surface area contributed by atoms with E-state index in [1.807, 2.05) is 12.1 Å². The lowest BCUT2D eigenvalue weighted by Crippen LogP contribution is -1.97. The first-order chi connectivity index (χ1) is 10.3. The van der Waals surface area contributed by atoms with E-state index in [1.165, 1.54) is 30.0 Å². The van der Waals surface area contributed by atoms with E-state index < -0.39 is 0 Å². The maximum absolute atomic E-state index is 10.4. The number of hydrogen-bond donors (Lipinski definition) is 2. The molecule has 110 valence electrons. The first-order valence-corrected chi connectivity index (χ1v) is 7.98. The van der Waals surface area contributed by atoms with Crippen molar-refractivity contribution in [1.82, 2.24) is 4.98 Å². The fourth-order valence-electron chi connectivity index (χ4n) is 3.00. The fourth-order valence-corrected chi connectivity index (χ4v) is 3.00. The average molecular weight is 281 g/mol. The zero-order valence-corrected chi connectivity index (χ0v) is 12.6. The van der Waals surface area contributed by atoms with Gasteiger partial charge in [0.2, 0.25) is 0 Å². The van der Waals surface area contributed by atoms with Crippen LogP contribution in [0, 0.1) is 0 Å². The number of benzene rings is 2. The third-order valence-electron chi connectivity index (χ3n) is 4.25. The van der Waals surface area contributed by atoms with E-state index in [4.69, 9.17) is 0 Å². The third-order valence-corrected chi connectivity index (χ3v) is 4.25. The molecule has 2 heteroatoms. The van der Waals surface area contributed by atoms with Crippen molar-refractivity contribution in [3.63, 3.8) is 0 Å². The normalized spacial score (nSPS) is 13.0. The van der Waals surface area contributed by atoms with Crippen LogP contribution in [0.3, 0.4) is 0 Å². The van der Waals surface area contributed by atoms with E-state index in [-0.39, 0.29) is 6.10 Å². The van der Waals surface area contributed by atoms with Crippen molar-refractivity contribution >= 4 is 21.8 Å². The van der Waals surface area contributed by atoms with Crippen molar-refractivity contribution in [3.05, 3.63) is 48.0 Å². The van der Waals surface area contributed by atoms with E-state index in [0.29, 0.717) is 0 Å². The topological polar surface area (TPSA) is 36.0 Å². The quantitative estimate of drug-likeness (QED) is 0.589. The monoisotopic (exact) mass is 281 g/mol. The Kier molecular flexibility index (Phi) is 4.26. The Hall–Kier alpha value is -1.80. The second-order valence-electron chi connectivity index (χ2n) is 5.84. The lowest BCUT2D eigenvalue weighted by atomic mass is 10.0. The van der Waals surface area contributed by atoms with Crippen LogP contribution in [0.4, 0.5) is 0 Å². The van der Waals surface area contributed by atoms with Gasteiger partial charge in [0.1, 0.15) is 0 Å². The SMILES string of the molecule is CCCCCCC(O)c1ccc2[nH]c3ccccc3c2c1. The molecule has 0 aliphatic rings. The molecule has 0 fully saturated rings. The van der Waals surface area contributed by atoms with Crippen LogP contribution < -0.4 is 0 Å². The molecule has 21 heavy (non-hydrogen) atoms. The van der Waals surface area contributed by atoms with Crippen molar-refractivity contribution < 1.29 is 5.11 Å². The van der Waals surface area contributed by atoms with Crippen molar-refractivity contribution in [2.24, 2.45) is 0 Å². The minimum atomic E-state index is -0.347. The van der Waals surface area contributed by atoms with Gasteiger partial charge >= 0.3 is 0 Å². The van der Waals surface area contributed by atoms with Gasteiger partial charge in [0.15, 0.2) is 0 Å². The van der Waals surface area contributed by atoms with Crippen LogP contribution in [0.15, 0.2) is 42.5 Å². The summed E-state index contributed by atoms with van der Waals surface area (Å²) in [4.78, 5) is 3.42. The molecule has 0 amide bonds. The summed E-state index contributed by atoms with van der Waals surface area (Å²) in [6.45, 7) is 2.21. The van der Waals surface area contributed by atoms with Crippen LogP contribution in [0.25, 0.3) is 21.8 Å². The molecule has 1 aromatic heterocycles. The highest BCUT2D eigenvalue weighted by Crippen LogP contribution is 2.29. The van der Waals surface area contributed by atoms with Gasteiger partial charge in [0, 0.05) is 21.8 Å². The second-order valence-corrected chi connectivity index (χ2v) is 5.84. The molecule has 0 radical (unpaired) electrons. The average Bonchev–Trinajstić information content (AvgIpc) is 2.89. The zero-order valence-electron chi connectivity index (χ0n) is 12.6. The van der Waals surface area contributed by atoms with E-state index in [9.17, 15) is 5.11 Å². The molecule has 2 aromatic carbocycles. The number of aliphatic hydroxyl groups is 1. The Morgan fingerprint density at radius 2 is 1.76 bits per heavy atom. The van der Waals surface area contributed by atoms with Crippen LogP contribution in [-0.2, 0) is 0 Å². The van der Waals surface area contributed by atoms with Gasteiger partial charge in [-0.1, -0.05) is 56.9 Å². The largest absolute Gasteiger partial charge is 0.388 e. The number of para-hydroxylation sites is 1. The maximum Gasteiger partial charge on any atom is 0.0790 e. The number of aromatic nitrogens is 1. The number of hydrogen-bond acceptors (Lipinski definition) is 1. The van der Waals surface area contributed by atoms with Gasteiger partial charge in [-0.3, -0.25) is 0 Å². The third kappa shape index (κ3) is 2.96. The number of H-pyrrole nitrogens is 1. The number of rotatable bonds is 6. The lowest BCUT2D eigenvalue weighted by Gasteiger charge is -2.11. The predicted molar refractivity (Wildman–Crippen MR) is 89.5 cm³/mol. The van der Waals surface area contributed by atoms with Gasteiger partial charge in [0.05, 0.1) is 6.10 Å². The molecule has 1 unspecified atom stereocenters. The second kappa shape index (κ2) is 6.31. The van der Waals surface area contributed by atoms with Gasteiger partial charge in [-0.2, -0.15) is 0 Å². The Morgan fingerprint density at radius 1 is 0.952 bits per heavy atom. The molecule has 2 nitrogen and oxygen atoms in total. The molecule has 0 aliphatic carbocycles. The number of unbranched alkanes of at least 4 members (excludes halogenated alkanes) is 3. The standard InChI is InChI=1S/C19H23NO/c1-2-3-4-5-10-19(21)14-11-12-18-16(13-14)15-8-6-7-9-17(15)20-18/h6-9,11-13,19-21H,2-5,10H2,1H3. The minimum absolute atomic E-state index is 0.347. The molecule has 1 heterocycles. The van der Waals surface area contributed by atoms with Crippen LogP contribution >= 0.6 is 0 Å². The fraction of sp³-hybridized carbons (Fsp3) is 0.368. The van der Waals surface area contributed by atoms with Crippen LogP contribution in [0.5, 0.6) is 0 Å². The minimum Gasteiger partial charge on any atom is -0.388 e. The molecule has 3 aromatic rings. The van der Waals surface area contributed by atoms with Crippen molar-refractivity contribution in [3.8, 4) is 0 Å². The maximum atomic E-state index is 10.4. The Labute approximate surface area is 125 Å². The molecular weight excluding hydrogens is 258 g/mol. The summed E-state index contributed by atoms with van der Waals surface area (Å²) in [5.41, 5.74) is 3.32. The molecule has 0 aliphatic heterocycles. The summed E-state index contributed by atoms with van der Waals surface area (Å²) < 4.78 is 0. The highest BCUT2D eigenvalue weighted by molar-refractivity contribution is 6.07. The van der Waals surface area contributed by atoms with Crippen molar-refractivity contribution in [1.29, 1.82) is 0 Å². The van der Waals surface area contributed by atoms with Gasteiger partial charge in [-0.25, -0.2) is 0 Å². The van der Waals surface area contributed by atoms with Gasteiger partial charge in [-0.05, 0) is 30.2 Å². The summed E-state index contributed by atoms with van der Waals surface area (Å²) in [7, 11) is 0. The van der Waals surface area contributed by atoms with Crippen molar-refractivity contribution in [2.45, 2.75) is 45.1 Å². The van der Waals surface area contributed by atoms with Crippen LogP contribution in [-0.4, -0.2) is 10.1 Å². The molecule has 1 atom stereocenters.